The fourth-order valence-electron chi connectivity index (χ4n) is 1.57. The van der Waals surface area contributed by atoms with Crippen LogP contribution in [0.4, 0.5) is 0 Å². The first-order valence-electron chi connectivity index (χ1n) is 4.81. The smallest absolute Gasteiger partial charge is 0.189 e. The Balaban J connectivity index is 3.02. The van der Waals surface area contributed by atoms with Crippen LogP contribution in [-0.2, 0) is 24.7 Å². The van der Waals surface area contributed by atoms with Crippen LogP contribution < -0.4 is 9.67 Å². The van der Waals surface area contributed by atoms with E-state index < -0.39 is 5.97 Å². The molecule has 0 spiro atoms. The summed E-state index contributed by atoms with van der Waals surface area (Å²) in [6.07, 6.45) is 3.78. The van der Waals surface area contributed by atoms with Gasteiger partial charge in [0, 0.05) is 11.6 Å². The maximum atomic E-state index is 10.6. The first-order chi connectivity index (χ1) is 6.65. The standard InChI is InChI=1S/C11H15NO2/c1-3-5-9-6-4-7-12(2)10(9)8-11(13)14/h4,6-7H,3,5,8H2,1-2H3. The normalized spacial score (nSPS) is 10.1. The minimum atomic E-state index is -1.02. The zero-order chi connectivity index (χ0) is 10.6. The van der Waals surface area contributed by atoms with E-state index in [-0.39, 0.29) is 6.42 Å². The molecule has 0 unspecified atom stereocenters. The zero-order valence-corrected chi connectivity index (χ0v) is 8.62. The summed E-state index contributed by atoms with van der Waals surface area (Å²) in [6.45, 7) is 2.08. The van der Waals surface area contributed by atoms with Gasteiger partial charge >= 0.3 is 0 Å². The third-order valence-corrected chi connectivity index (χ3v) is 2.23. The van der Waals surface area contributed by atoms with Gasteiger partial charge in [-0.15, -0.1) is 0 Å². The SMILES string of the molecule is CCCc1ccc[n+](C)c1CC(=O)[O-]. The molecule has 1 rings (SSSR count). The van der Waals surface area contributed by atoms with E-state index in [9.17, 15) is 9.90 Å². The van der Waals surface area contributed by atoms with Crippen LogP contribution in [0.5, 0.6) is 0 Å². The van der Waals surface area contributed by atoms with Crippen LogP contribution in [0.3, 0.4) is 0 Å². The molecule has 1 aromatic heterocycles. The maximum absolute atomic E-state index is 10.6. The van der Waals surface area contributed by atoms with Crippen molar-refractivity contribution < 1.29 is 14.5 Å². The highest BCUT2D eigenvalue weighted by molar-refractivity contribution is 5.67. The molecular weight excluding hydrogens is 178 g/mol. The first-order valence-corrected chi connectivity index (χ1v) is 4.81. The summed E-state index contributed by atoms with van der Waals surface area (Å²) < 4.78 is 1.85. The van der Waals surface area contributed by atoms with Crippen molar-refractivity contribution in [1.29, 1.82) is 0 Å². The van der Waals surface area contributed by atoms with Crippen molar-refractivity contribution in [3.8, 4) is 0 Å². The maximum Gasteiger partial charge on any atom is 0.189 e. The van der Waals surface area contributed by atoms with Gasteiger partial charge in [0.2, 0.25) is 0 Å². The lowest BCUT2D eigenvalue weighted by atomic mass is 10.1. The second kappa shape index (κ2) is 4.74. The number of carbonyl (C=O) groups excluding carboxylic acids is 1. The highest BCUT2D eigenvalue weighted by Gasteiger charge is 2.11. The number of carbonyl (C=O) groups is 1. The molecular formula is C11H15NO2. The number of aryl methyl sites for hydroxylation is 2. The van der Waals surface area contributed by atoms with Gasteiger partial charge in [0.25, 0.3) is 0 Å². The summed E-state index contributed by atoms with van der Waals surface area (Å²) in [4.78, 5) is 10.6. The number of aliphatic carboxylic acids is 1. The molecule has 1 heterocycles. The molecule has 0 amide bonds. The molecule has 0 aliphatic heterocycles. The summed E-state index contributed by atoms with van der Waals surface area (Å²) in [5.74, 6) is -1.02. The van der Waals surface area contributed by atoms with Gasteiger partial charge in [-0.3, -0.25) is 0 Å². The van der Waals surface area contributed by atoms with Crippen LogP contribution in [0.1, 0.15) is 24.6 Å². The largest absolute Gasteiger partial charge is 0.550 e. The predicted molar refractivity (Wildman–Crippen MR) is 50.3 cm³/mol. The number of nitrogens with zero attached hydrogens (tertiary/aromatic N) is 1. The highest BCUT2D eigenvalue weighted by Crippen LogP contribution is 2.06. The molecule has 3 heteroatoms. The molecule has 0 saturated heterocycles. The molecule has 76 valence electrons. The molecule has 0 aromatic carbocycles. The lowest BCUT2D eigenvalue weighted by Crippen LogP contribution is -2.38. The molecule has 1 aromatic rings. The average Bonchev–Trinajstić information content (AvgIpc) is 2.11. The lowest BCUT2D eigenvalue weighted by Gasteiger charge is -2.06. The monoisotopic (exact) mass is 193 g/mol. The van der Waals surface area contributed by atoms with Gasteiger partial charge in [-0.2, -0.15) is 0 Å². The van der Waals surface area contributed by atoms with Crippen molar-refractivity contribution >= 4 is 5.97 Å². The fourth-order valence-corrected chi connectivity index (χ4v) is 1.57. The molecule has 0 atom stereocenters. The Morgan fingerprint density at radius 3 is 2.86 bits per heavy atom. The van der Waals surface area contributed by atoms with Crippen LogP contribution in [0.15, 0.2) is 18.3 Å². The Labute approximate surface area is 84.0 Å². The predicted octanol–water partition coefficient (Wildman–Crippen LogP) is -0.244. The van der Waals surface area contributed by atoms with Gasteiger partial charge in [0.1, 0.15) is 7.05 Å². The van der Waals surface area contributed by atoms with Crippen LogP contribution in [0.25, 0.3) is 0 Å². The van der Waals surface area contributed by atoms with Crippen molar-refractivity contribution in [1.82, 2.24) is 0 Å². The van der Waals surface area contributed by atoms with Crippen molar-refractivity contribution in [2.45, 2.75) is 26.2 Å². The number of aromatic nitrogens is 1. The number of pyridine rings is 1. The van der Waals surface area contributed by atoms with E-state index in [2.05, 4.69) is 6.92 Å². The van der Waals surface area contributed by atoms with E-state index in [0.29, 0.717) is 0 Å². The topological polar surface area (TPSA) is 44.0 Å². The molecule has 0 N–H and O–H groups in total. The van der Waals surface area contributed by atoms with Crippen molar-refractivity contribution in [3.05, 3.63) is 29.6 Å². The van der Waals surface area contributed by atoms with Crippen LogP contribution in [0.2, 0.25) is 0 Å². The third kappa shape index (κ3) is 2.55. The molecule has 0 bridgehead atoms. The first kappa shape index (κ1) is 10.7. The van der Waals surface area contributed by atoms with Crippen molar-refractivity contribution in [2.24, 2.45) is 7.05 Å². The summed E-state index contributed by atoms with van der Waals surface area (Å²) in [7, 11) is 1.86. The highest BCUT2D eigenvalue weighted by atomic mass is 16.4. The third-order valence-electron chi connectivity index (χ3n) is 2.23. The number of hydrogen-bond donors (Lipinski definition) is 0. The molecule has 14 heavy (non-hydrogen) atoms. The fraction of sp³-hybridized carbons (Fsp3) is 0.455. The Morgan fingerprint density at radius 2 is 2.29 bits per heavy atom. The number of carboxylic acid groups (broad SMARTS) is 1. The molecule has 0 saturated carbocycles. The quantitative estimate of drug-likeness (QED) is 0.619. The molecule has 0 aliphatic carbocycles. The Kier molecular flexibility index (Phi) is 3.63. The summed E-state index contributed by atoms with van der Waals surface area (Å²) in [6, 6.07) is 3.91. The Morgan fingerprint density at radius 1 is 1.57 bits per heavy atom. The Bertz CT molecular complexity index is 334. The second-order valence-corrected chi connectivity index (χ2v) is 3.39. The van der Waals surface area contributed by atoms with Crippen LogP contribution >= 0.6 is 0 Å². The second-order valence-electron chi connectivity index (χ2n) is 3.39. The molecule has 0 radical (unpaired) electrons. The summed E-state index contributed by atoms with van der Waals surface area (Å²) in [5.41, 5.74) is 1.94. The van der Waals surface area contributed by atoms with E-state index >= 15 is 0 Å². The molecule has 3 nitrogen and oxygen atoms in total. The van der Waals surface area contributed by atoms with Crippen LogP contribution in [0, 0.1) is 0 Å². The van der Waals surface area contributed by atoms with Gasteiger partial charge in [-0.05, 0) is 12.5 Å². The summed E-state index contributed by atoms with van der Waals surface area (Å²) >= 11 is 0. The van der Waals surface area contributed by atoms with E-state index in [0.717, 1.165) is 24.1 Å². The van der Waals surface area contributed by atoms with Crippen LogP contribution in [-0.4, -0.2) is 5.97 Å². The number of carboxylic acids is 1. The number of hydrogen-bond acceptors (Lipinski definition) is 2. The lowest BCUT2D eigenvalue weighted by molar-refractivity contribution is -0.679. The van der Waals surface area contributed by atoms with Gasteiger partial charge < -0.3 is 9.90 Å². The minimum Gasteiger partial charge on any atom is -0.550 e. The van der Waals surface area contributed by atoms with Gasteiger partial charge in [-0.25, -0.2) is 4.57 Å². The van der Waals surface area contributed by atoms with Crippen molar-refractivity contribution in [2.75, 3.05) is 0 Å². The van der Waals surface area contributed by atoms with E-state index in [4.69, 9.17) is 0 Å². The molecule has 0 fully saturated rings. The Hall–Kier alpha value is -1.38. The zero-order valence-electron chi connectivity index (χ0n) is 8.62. The van der Waals surface area contributed by atoms with E-state index in [1.165, 1.54) is 0 Å². The molecule has 0 aliphatic rings. The van der Waals surface area contributed by atoms with Gasteiger partial charge in [0.15, 0.2) is 11.9 Å². The van der Waals surface area contributed by atoms with E-state index in [1.807, 2.05) is 29.9 Å². The van der Waals surface area contributed by atoms with E-state index in [1.54, 1.807) is 0 Å². The van der Waals surface area contributed by atoms with Gasteiger partial charge in [-0.1, -0.05) is 13.3 Å². The van der Waals surface area contributed by atoms with Gasteiger partial charge in [0.05, 0.1) is 12.4 Å². The average molecular weight is 193 g/mol. The minimum absolute atomic E-state index is 0.00727. The number of rotatable bonds is 4. The summed E-state index contributed by atoms with van der Waals surface area (Å²) in [5, 5.41) is 10.6. The van der Waals surface area contributed by atoms with Crippen molar-refractivity contribution in [3.63, 3.8) is 0 Å².